The molecule has 0 heterocycles. The number of hydrogen-bond acceptors (Lipinski definition) is 3. The van der Waals surface area contributed by atoms with Crippen molar-refractivity contribution in [2.75, 3.05) is 12.4 Å². The van der Waals surface area contributed by atoms with Gasteiger partial charge in [0.15, 0.2) is 5.78 Å². The summed E-state index contributed by atoms with van der Waals surface area (Å²) in [6.45, 7) is 5.67. The van der Waals surface area contributed by atoms with E-state index in [4.69, 9.17) is 4.74 Å². The second-order valence-corrected chi connectivity index (χ2v) is 6.67. The Balaban J connectivity index is 2.31. The molecule has 0 atom stereocenters. The Morgan fingerprint density at radius 3 is 2.40 bits per heavy atom. The molecule has 25 heavy (non-hydrogen) atoms. The monoisotopic (exact) mass is 401 g/mol. The summed E-state index contributed by atoms with van der Waals surface area (Å²) in [5.74, 6) is 0.222. The molecule has 130 valence electrons. The van der Waals surface area contributed by atoms with Crippen molar-refractivity contribution in [3.63, 3.8) is 0 Å². The molecule has 0 aliphatic rings. The highest BCUT2D eigenvalue weighted by Gasteiger charge is 2.16. The lowest BCUT2D eigenvalue weighted by molar-refractivity contribution is -0.116. The van der Waals surface area contributed by atoms with Gasteiger partial charge >= 0.3 is 0 Å². The fourth-order valence-corrected chi connectivity index (χ4v) is 2.51. The van der Waals surface area contributed by atoms with Crippen molar-refractivity contribution in [3.05, 3.63) is 70.2 Å². The van der Waals surface area contributed by atoms with Crippen molar-refractivity contribution in [1.29, 1.82) is 0 Å². The first-order chi connectivity index (χ1) is 11.9. The van der Waals surface area contributed by atoms with Crippen LogP contribution in [-0.4, -0.2) is 18.8 Å². The first-order valence-electron chi connectivity index (χ1n) is 7.83. The van der Waals surface area contributed by atoms with E-state index in [-0.39, 0.29) is 11.7 Å². The van der Waals surface area contributed by atoms with Crippen LogP contribution in [-0.2, 0) is 4.79 Å². The lowest BCUT2D eigenvalue weighted by atomic mass is 10.0. The van der Waals surface area contributed by atoms with Crippen LogP contribution in [0.15, 0.2) is 59.1 Å². The SMILES string of the molecule is C=C(C)CCC(=O)Nc1ccc(OC)cc1C(=O)c1ccc(Br)cc1. The van der Waals surface area contributed by atoms with Gasteiger partial charge in [0.05, 0.1) is 12.8 Å². The molecule has 1 amide bonds. The van der Waals surface area contributed by atoms with Gasteiger partial charge in [-0.15, -0.1) is 6.58 Å². The van der Waals surface area contributed by atoms with Gasteiger partial charge in [-0.05, 0) is 55.8 Å². The number of allylic oxidation sites excluding steroid dienone is 1. The van der Waals surface area contributed by atoms with Gasteiger partial charge in [-0.1, -0.05) is 21.5 Å². The number of ketones is 1. The molecule has 0 aromatic heterocycles. The maximum absolute atomic E-state index is 12.9. The van der Waals surface area contributed by atoms with Crippen LogP contribution < -0.4 is 10.1 Å². The van der Waals surface area contributed by atoms with E-state index < -0.39 is 0 Å². The molecule has 0 aliphatic heterocycles. The minimum atomic E-state index is -0.179. The average Bonchev–Trinajstić information content (AvgIpc) is 2.60. The van der Waals surface area contributed by atoms with E-state index in [2.05, 4.69) is 27.8 Å². The fraction of sp³-hybridized carbons (Fsp3) is 0.200. The van der Waals surface area contributed by atoms with Crippen LogP contribution in [0.2, 0.25) is 0 Å². The van der Waals surface area contributed by atoms with Gasteiger partial charge in [0, 0.05) is 22.0 Å². The Morgan fingerprint density at radius 1 is 1.12 bits per heavy atom. The molecule has 0 bridgehead atoms. The van der Waals surface area contributed by atoms with Crippen molar-refractivity contribution >= 4 is 33.3 Å². The molecule has 2 aromatic rings. The molecule has 0 aliphatic carbocycles. The molecule has 0 fully saturated rings. The molecular formula is C20H20BrNO3. The van der Waals surface area contributed by atoms with Crippen LogP contribution >= 0.6 is 15.9 Å². The Hall–Kier alpha value is -2.40. The lowest BCUT2D eigenvalue weighted by Gasteiger charge is -2.12. The van der Waals surface area contributed by atoms with Crippen molar-refractivity contribution in [2.45, 2.75) is 19.8 Å². The topological polar surface area (TPSA) is 55.4 Å². The number of methoxy groups -OCH3 is 1. The van der Waals surface area contributed by atoms with Gasteiger partial charge in [0.2, 0.25) is 5.91 Å². The van der Waals surface area contributed by atoms with E-state index in [1.807, 2.05) is 6.92 Å². The lowest BCUT2D eigenvalue weighted by Crippen LogP contribution is -2.15. The third-order valence-electron chi connectivity index (χ3n) is 3.63. The normalized spacial score (nSPS) is 10.2. The molecule has 5 heteroatoms. The number of carbonyl (C=O) groups excluding carboxylic acids is 2. The summed E-state index contributed by atoms with van der Waals surface area (Å²) in [6.07, 6.45) is 0.936. The molecule has 0 radical (unpaired) electrons. The summed E-state index contributed by atoms with van der Waals surface area (Å²) in [4.78, 5) is 25.0. The van der Waals surface area contributed by atoms with Crippen molar-refractivity contribution in [1.82, 2.24) is 0 Å². The summed E-state index contributed by atoms with van der Waals surface area (Å²) in [5, 5.41) is 2.81. The molecular weight excluding hydrogens is 382 g/mol. The second-order valence-electron chi connectivity index (χ2n) is 5.75. The van der Waals surface area contributed by atoms with Crippen LogP contribution in [0.4, 0.5) is 5.69 Å². The number of nitrogens with one attached hydrogen (secondary N) is 1. The van der Waals surface area contributed by atoms with Crippen LogP contribution in [0.5, 0.6) is 5.75 Å². The average molecular weight is 402 g/mol. The van der Waals surface area contributed by atoms with E-state index in [1.165, 1.54) is 7.11 Å². The zero-order valence-corrected chi connectivity index (χ0v) is 15.9. The van der Waals surface area contributed by atoms with Crippen LogP contribution in [0.1, 0.15) is 35.7 Å². The summed E-state index contributed by atoms with van der Waals surface area (Å²) < 4.78 is 6.11. The van der Waals surface area contributed by atoms with E-state index in [0.29, 0.717) is 35.4 Å². The number of rotatable bonds is 7. The highest BCUT2D eigenvalue weighted by atomic mass is 79.9. The van der Waals surface area contributed by atoms with Crippen molar-refractivity contribution in [3.8, 4) is 5.75 Å². The van der Waals surface area contributed by atoms with E-state index >= 15 is 0 Å². The minimum Gasteiger partial charge on any atom is -0.497 e. The number of amides is 1. The van der Waals surface area contributed by atoms with Crippen LogP contribution in [0.3, 0.4) is 0 Å². The Morgan fingerprint density at radius 2 is 1.80 bits per heavy atom. The summed E-state index contributed by atoms with van der Waals surface area (Å²) in [7, 11) is 1.54. The third-order valence-corrected chi connectivity index (χ3v) is 4.16. The molecule has 2 rings (SSSR count). The number of ether oxygens (including phenoxy) is 1. The molecule has 0 unspecified atom stereocenters. The summed E-state index contributed by atoms with van der Waals surface area (Å²) in [5.41, 5.74) is 2.34. The van der Waals surface area contributed by atoms with Crippen molar-refractivity contribution < 1.29 is 14.3 Å². The van der Waals surface area contributed by atoms with Crippen LogP contribution in [0, 0.1) is 0 Å². The predicted octanol–water partition coefficient (Wildman–Crippen LogP) is 4.98. The van der Waals surface area contributed by atoms with Crippen molar-refractivity contribution in [2.24, 2.45) is 0 Å². The smallest absolute Gasteiger partial charge is 0.224 e. The Labute approximate surface area is 156 Å². The number of benzene rings is 2. The maximum Gasteiger partial charge on any atom is 0.224 e. The van der Waals surface area contributed by atoms with Gasteiger partial charge in [-0.25, -0.2) is 0 Å². The molecule has 1 N–H and O–H groups in total. The van der Waals surface area contributed by atoms with Gasteiger partial charge in [0.1, 0.15) is 5.75 Å². The third kappa shape index (κ3) is 5.29. The van der Waals surface area contributed by atoms with E-state index in [0.717, 1.165) is 10.0 Å². The molecule has 0 saturated heterocycles. The highest BCUT2D eigenvalue weighted by Crippen LogP contribution is 2.26. The molecule has 4 nitrogen and oxygen atoms in total. The van der Waals surface area contributed by atoms with Gasteiger partial charge in [-0.3, -0.25) is 9.59 Å². The largest absolute Gasteiger partial charge is 0.497 e. The second kappa shape index (κ2) is 8.62. The summed E-state index contributed by atoms with van der Waals surface area (Å²) in [6, 6.07) is 12.1. The highest BCUT2D eigenvalue weighted by molar-refractivity contribution is 9.10. The first-order valence-corrected chi connectivity index (χ1v) is 8.62. The molecule has 0 spiro atoms. The standard InChI is InChI=1S/C20H20BrNO3/c1-13(2)4-11-19(23)22-18-10-9-16(25-3)12-17(18)20(24)14-5-7-15(21)8-6-14/h5-10,12H,1,4,11H2,2-3H3,(H,22,23). The Kier molecular flexibility index (Phi) is 6.53. The van der Waals surface area contributed by atoms with Gasteiger partial charge < -0.3 is 10.1 Å². The van der Waals surface area contributed by atoms with E-state index in [9.17, 15) is 9.59 Å². The first kappa shape index (κ1) is 18.9. The minimum absolute atomic E-state index is 0.155. The number of anilines is 1. The quantitative estimate of drug-likeness (QED) is 0.525. The summed E-state index contributed by atoms with van der Waals surface area (Å²) >= 11 is 3.35. The predicted molar refractivity (Wildman–Crippen MR) is 103 cm³/mol. The van der Waals surface area contributed by atoms with Crippen LogP contribution in [0.25, 0.3) is 0 Å². The zero-order valence-electron chi connectivity index (χ0n) is 14.3. The number of hydrogen-bond donors (Lipinski definition) is 1. The maximum atomic E-state index is 12.9. The number of carbonyl (C=O) groups is 2. The zero-order chi connectivity index (χ0) is 18.4. The van der Waals surface area contributed by atoms with E-state index in [1.54, 1.807) is 42.5 Å². The fourth-order valence-electron chi connectivity index (χ4n) is 2.24. The van der Waals surface area contributed by atoms with Gasteiger partial charge in [0.25, 0.3) is 0 Å². The van der Waals surface area contributed by atoms with Gasteiger partial charge in [-0.2, -0.15) is 0 Å². The molecule has 2 aromatic carbocycles. The number of halogens is 1. The Bertz CT molecular complexity index is 797. The molecule has 0 saturated carbocycles.